The summed E-state index contributed by atoms with van der Waals surface area (Å²) < 4.78 is 14.9. The van der Waals surface area contributed by atoms with Gasteiger partial charge in [-0.15, -0.1) is 0 Å². The van der Waals surface area contributed by atoms with Gasteiger partial charge in [-0.1, -0.05) is 11.6 Å². The molecule has 0 unspecified atom stereocenters. The molecule has 2 aliphatic heterocycles. The molecule has 3 aliphatic rings. The number of alkyl halides is 1. The summed E-state index contributed by atoms with van der Waals surface area (Å²) in [6.07, 6.45) is 2.11. The van der Waals surface area contributed by atoms with Crippen LogP contribution >= 0.6 is 11.6 Å². The lowest BCUT2D eigenvalue weighted by molar-refractivity contribution is -0.129. The predicted octanol–water partition coefficient (Wildman–Crippen LogP) is 2.60. The van der Waals surface area contributed by atoms with Crippen molar-refractivity contribution in [3.05, 3.63) is 34.5 Å². The molecule has 4 heterocycles. The molecule has 0 spiro atoms. The van der Waals surface area contributed by atoms with Crippen molar-refractivity contribution in [2.75, 3.05) is 35.2 Å². The summed E-state index contributed by atoms with van der Waals surface area (Å²) in [7, 11) is 0. The molecule has 0 radical (unpaired) electrons. The maximum Gasteiger partial charge on any atom is 0.232 e. The van der Waals surface area contributed by atoms with E-state index in [2.05, 4.69) is 36.7 Å². The van der Waals surface area contributed by atoms with Crippen LogP contribution in [0.4, 0.5) is 27.7 Å². The van der Waals surface area contributed by atoms with Crippen LogP contribution in [0.25, 0.3) is 5.65 Å². The van der Waals surface area contributed by atoms with E-state index >= 15 is 0 Å². The molecule has 1 aromatic carbocycles. The molecule has 6 rings (SSSR count). The van der Waals surface area contributed by atoms with Crippen molar-refractivity contribution in [2.24, 2.45) is 0 Å². The minimum absolute atomic E-state index is 0.118. The first-order valence-corrected chi connectivity index (χ1v) is 11.9. The Hall–Kier alpha value is -4.16. The van der Waals surface area contributed by atoms with E-state index in [0.717, 1.165) is 6.42 Å². The number of hydrogen-bond acceptors (Lipinski definition) is 9. The zero-order chi connectivity index (χ0) is 25.0. The van der Waals surface area contributed by atoms with Gasteiger partial charge in [0.05, 0.1) is 40.3 Å². The highest BCUT2D eigenvalue weighted by molar-refractivity contribution is 6.36. The van der Waals surface area contributed by atoms with Crippen LogP contribution in [-0.4, -0.2) is 68.3 Å². The van der Waals surface area contributed by atoms with E-state index in [-0.39, 0.29) is 41.1 Å². The maximum absolute atomic E-state index is 13.6. The molecule has 2 aromatic heterocycles. The lowest BCUT2D eigenvalue weighted by atomic mass is 10.1. The lowest BCUT2D eigenvalue weighted by Gasteiger charge is -2.39. The van der Waals surface area contributed by atoms with Crippen LogP contribution in [0.5, 0.6) is 0 Å². The van der Waals surface area contributed by atoms with Crippen molar-refractivity contribution in [1.82, 2.24) is 24.5 Å². The first kappa shape index (κ1) is 22.3. The fourth-order valence-electron chi connectivity index (χ4n) is 4.78. The van der Waals surface area contributed by atoms with Gasteiger partial charge in [-0.25, -0.2) is 4.39 Å². The van der Waals surface area contributed by atoms with Crippen molar-refractivity contribution in [2.45, 2.75) is 37.5 Å². The number of piperazine rings is 1. The number of rotatable bonds is 5. The van der Waals surface area contributed by atoms with Crippen LogP contribution in [0.1, 0.15) is 30.4 Å². The molecule has 2 saturated heterocycles. The number of anilines is 4. The Bertz CT molecular complexity index is 1480. The van der Waals surface area contributed by atoms with E-state index < -0.39 is 6.17 Å². The number of halogens is 2. The van der Waals surface area contributed by atoms with Gasteiger partial charge >= 0.3 is 0 Å². The molecule has 2 N–H and O–H groups in total. The number of nitrogens with one attached hydrogen (secondary N) is 2. The molecular formula is C23H20ClFN10O. The molecule has 36 heavy (non-hydrogen) atoms. The van der Waals surface area contributed by atoms with Crippen molar-refractivity contribution in [1.29, 1.82) is 10.5 Å². The number of aromatic nitrogens is 4. The molecule has 1 saturated carbocycles. The van der Waals surface area contributed by atoms with Gasteiger partial charge < -0.3 is 20.4 Å². The SMILES string of the molecule is N#Cc1cc(Nc2nc(N[C@@H]3C[C@@H]3F)n3ncc(C#N)c3n2)c(Cl)c(N2CCN3C(=O)CC[C@@H]3C2)c1. The lowest BCUT2D eigenvalue weighted by Crippen LogP contribution is -2.51. The first-order valence-electron chi connectivity index (χ1n) is 11.6. The van der Waals surface area contributed by atoms with E-state index in [9.17, 15) is 19.7 Å². The summed E-state index contributed by atoms with van der Waals surface area (Å²) in [5, 5.41) is 29.7. The molecule has 0 bridgehead atoms. The van der Waals surface area contributed by atoms with Crippen molar-refractivity contribution >= 4 is 46.4 Å². The average Bonchev–Trinajstić information content (AvgIpc) is 3.25. The number of amides is 1. The highest BCUT2D eigenvalue weighted by Gasteiger charge is 2.39. The highest BCUT2D eigenvalue weighted by atomic mass is 35.5. The van der Waals surface area contributed by atoms with Crippen molar-refractivity contribution in [3.63, 3.8) is 0 Å². The number of benzene rings is 1. The minimum Gasteiger partial charge on any atom is -0.366 e. The average molecular weight is 507 g/mol. The Labute approximate surface area is 210 Å². The first-order chi connectivity index (χ1) is 17.4. The molecule has 3 atom stereocenters. The second-order valence-corrected chi connectivity index (χ2v) is 9.48. The summed E-state index contributed by atoms with van der Waals surface area (Å²) in [5.74, 6) is 0.536. The van der Waals surface area contributed by atoms with Crippen LogP contribution in [0.2, 0.25) is 5.02 Å². The Morgan fingerprint density at radius 2 is 2.03 bits per heavy atom. The quantitative estimate of drug-likeness (QED) is 0.534. The number of nitriles is 2. The minimum atomic E-state index is -0.975. The fourth-order valence-corrected chi connectivity index (χ4v) is 5.06. The second kappa shape index (κ2) is 8.50. The van der Waals surface area contributed by atoms with Crippen LogP contribution in [0.15, 0.2) is 18.3 Å². The van der Waals surface area contributed by atoms with Crippen LogP contribution in [-0.2, 0) is 4.79 Å². The molecule has 1 aliphatic carbocycles. The van der Waals surface area contributed by atoms with Crippen molar-refractivity contribution < 1.29 is 9.18 Å². The summed E-state index contributed by atoms with van der Waals surface area (Å²) in [6, 6.07) is 7.28. The zero-order valence-corrected chi connectivity index (χ0v) is 19.7. The third-order valence-corrected chi connectivity index (χ3v) is 7.18. The van der Waals surface area contributed by atoms with Gasteiger partial charge in [0, 0.05) is 38.5 Å². The summed E-state index contributed by atoms with van der Waals surface area (Å²) in [4.78, 5) is 24.9. The van der Waals surface area contributed by atoms with Crippen molar-refractivity contribution in [3.8, 4) is 12.1 Å². The highest BCUT2D eigenvalue weighted by Crippen LogP contribution is 2.38. The molecule has 3 aromatic rings. The standard InChI is InChI=1S/C23H20ClFN10O/c24-20-17(5-12(8-26)6-18(20)33-3-4-34-14(11-33)1-2-19(34)36)29-22-31-21-13(9-27)10-28-35(21)23(32-22)30-16-7-15(16)25/h5-6,10,14-16H,1-4,7,11H2,(H2,29,30,31,32)/t14-,15+,16-/m1/s1. The van der Waals surface area contributed by atoms with Gasteiger partial charge in [-0.2, -0.15) is 30.1 Å². The fraction of sp³-hybridized carbons (Fsp3) is 0.391. The third kappa shape index (κ3) is 3.80. The molecule has 13 heteroatoms. The largest absolute Gasteiger partial charge is 0.366 e. The Balaban J connectivity index is 1.35. The molecule has 182 valence electrons. The van der Waals surface area contributed by atoms with Gasteiger partial charge in [-0.05, 0) is 18.6 Å². The third-order valence-electron chi connectivity index (χ3n) is 6.78. The number of fused-ring (bicyclic) bond motifs is 2. The normalized spacial score (nSPS) is 22.8. The Morgan fingerprint density at radius 3 is 2.78 bits per heavy atom. The van der Waals surface area contributed by atoms with E-state index in [0.29, 0.717) is 54.4 Å². The summed E-state index contributed by atoms with van der Waals surface area (Å²) >= 11 is 6.82. The molecular weight excluding hydrogens is 487 g/mol. The zero-order valence-electron chi connectivity index (χ0n) is 18.9. The van der Waals surface area contributed by atoms with Gasteiger partial charge in [-0.3, -0.25) is 4.79 Å². The summed E-state index contributed by atoms with van der Waals surface area (Å²) in [6.45, 7) is 1.83. The summed E-state index contributed by atoms with van der Waals surface area (Å²) in [5.41, 5.74) is 1.97. The Kier molecular flexibility index (Phi) is 5.27. The molecule has 1 amide bonds. The second-order valence-electron chi connectivity index (χ2n) is 9.10. The number of hydrogen-bond donors (Lipinski definition) is 2. The van der Waals surface area contributed by atoms with Gasteiger partial charge in [0.1, 0.15) is 17.8 Å². The predicted molar refractivity (Wildman–Crippen MR) is 129 cm³/mol. The van der Waals surface area contributed by atoms with Crippen LogP contribution < -0.4 is 15.5 Å². The van der Waals surface area contributed by atoms with E-state index in [4.69, 9.17) is 11.6 Å². The van der Waals surface area contributed by atoms with E-state index in [1.165, 1.54) is 10.7 Å². The number of carbonyl (C=O) groups is 1. The van der Waals surface area contributed by atoms with Gasteiger partial charge in [0.2, 0.25) is 17.8 Å². The van der Waals surface area contributed by atoms with Crippen LogP contribution in [0, 0.1) is 22.7 Å². The maximum atomic E-state index is 13.6. The topological polar surface area (TPSA) is 138 Å². The van der Waals surface area contributed by atoms with Gasteiger partial charge in [0.25, 0.3) is 0 Å². The van der Waals surface area contributed by atoms with E-state index in [1.807, 2.05) is 11.0 Å². The monoisotopic (exact) mass is 506 g/mol. The molecule has 3 fully saturated rings. The smallest absolute Gasteiger partial charge is 0.232 e. The van der Waals surface area contributed by atoms with E-state index in [1.54, 1.807) is 12.1 Å². The molecule has 11 nitrogen and oxygen atoms in total. The number of nitrogens with zero attached hydrogens (tertiary/aromatic N) is 8. The van der Waals surface area contributed by atoms with Crippen LogP contribution in [0.3, 0.4) is 0 Å². The van der Waals surface area contributed by atoms with Gasteiger partial charge in [0.15, 0.2) is 5.65 Å². The Morgan fingerprint density at radius 1 is 1.19 bits per heavy atom. The number of carbonyl (C=O) groups excluding carboxylic acids is 1.